The Labute approximate surface area is 142 Å². The normalized spacial score (nSPS) is 11.0. The van der Waals surface area contributed by atoms with Crippen molar-refractivity contribution in [3.63, 3.8) is 0 Å². The van der Waals surface area contributed by atoms with Crippen molar-refractivity contribution >= 4 is 0 Å². The summed E-state index contributed by atoms with van der Waals surface area (Å²) in [6.45, 7) is 4.66. The van der Waals surface area contributed by atoms with Gasteiger partial charge in [-0.1, -0.05) is 49.8 Å². The van der Waals surface area contributed by atoms with E-state index in [9.17, 15) is 0 Å². The van der Waals surface area contributed by atoms with Gasteiger partial charge in [0.25, 0.3) is 6.26 Å². The molecule has 24 heavy (non-hydrogen) atoms. The van der Waals surface area contributed by atoms with Crippen LogP contribution in [0.4, 0.5) is 0 Å². The molecule has 1 aromatic heterocycles. The molecule has 0 aliphatic carbocycles. The monoisotopic (exact) mass is 323 g/mol. The van der Waals surface area contributed by atoms with Crippen LogP contribution in [0, 0.1) is 18.4 Å². The van der Waals surface area contributed by atoms with E-state index in [2.05, 4.69) is 18.1 Å². The fraction of sp³-hybridized carbons (Fsp3) is 0.263. The average molecular weight is 323 g/mol. The van der Waals surface area contributed by atoms with Gasteiger partial charge in [-0.25, -0.2) is 4.68 Å². The van der Waals surface area contributed by atoms with Gasteiger partial charge in [-0.15, -0.1) is 5.26 Å². The number of aryl methyl sites for hydroxylation is 1. The molecule has 5 heteroatoms. The number of allylic oxidation sites excluding steroid dienone is 4. The zero-order valence-electron chi connectivity index (χ0n) is 14.0. The molecular weight excluding hydrogens is 302 g/mol. The molecule has 0 aliphatic rings. The maximum absolute atomic E-state index is 8.71. The summed E-state index contributed by atoms with van der Waals surface area (Å²) in [6, 6.07) is 8.90. The largest absolute Gasteiger partial charge is 0.435 e. The lowest BCUT2D eigenvalue weighted by molar-refractivity contribution is 0.394. The molecular formula is C19H21N3O2. The molecule has 0 saturated carbocycles. The van der Waals surface area contributed by atoms with Crippen LogP contribution in [0.1, 0.15) is 25.5 Å². The Bertz CT molecular complexity index is 754. The van der Waals surface area contributed by atoms with Gasteiger partial charge in [0.15, 0.2) is 11.5 Å². The lowest BCUT2D eigenvalue weighted by Crippen LogP contribution is -2.01. The highest BCUT2D eigenvalue weighted by Gasteiger charge is 2.10. The molecule has 0 unspecified atom stereocenters. The first-order chi connectivity index (χ1) is 11.7. The third-order valence-corrected chi connectivity index (χ3v) is 3.20. The summed E-state index contributed by atoms with van der Waals surface area (Å²) in [5.74, 6) is 1.46. The number of benzene rings is 1. The summed E-state index contributed by atoms with van der Waals surface area (Å²) >= 11 is 0. The number of unbranched alkanes of at least 4 members (excludes halogenated alkanes) is 1. The number of rotatable bonds is 8. The van der Waals surface area contributed by atoms with Crippen molar-refractivity contribution in [3.05, 3.63) is 60.3 Å². The molecule has 2 aromatic rings. The van der Waals surface area contributed by atoms with Gasteiger partial charge >= 0.3 is 0 Å². The van der Waals surface area contributed by atoms with Crippen molar-refractivity contribution in [1.29, 1.82) is 5.26 Å². The molecule has 124 valence electrons. The van der Waals surface area contributed by atoms with Crippen LogP contribution in [0.25, 0.3) is 0 Å². The standard InChI is InChI=1S/C19H21N3O2/c1-3-4-5-6-7-10-13-22-19(14-16(2)21-22)24-18-12-9-8-11-17(18)23-15-20/h5-12,14H,3-4,13H2,1-2H3/b6-5-,10-7-. The van der Waals surface area contributed by atoms with Crippen LogP contribution in [-0.2, 0) is 6.54 Å². The summed E-state index contributed by atoms with van der Waals surface area (Å²) in [5, 5.41) is 13.1. The molecule has 0 amide bonds. The summed E-state index contributed by atoms with van der Waals surface area (Å²) in [7, 11) is 0. The second-order valence-electron chi connectivity index (χ2n) is 5.19. The summed E-state index contributed by atoms with van der Waals surface area (Å²) in [6.07, 6.45) is 12.1. The summed E-state index contributed by atoms with van der Waals surface area (Å²) < 4.78 is 12.6. The van der Waals surface area contributed by atoms with Crippen LogP contribution < -0.4 is 9.47 Å². The molecule has 1 heterocycles. The Morgan fingerprint density at radius 2 is 1.96 bits per heavy atom. The zero-order valence-corrected chi connectivity index (χ0v) is 14.0. The van der Waals surface area contributed by atoms with E-state index in [0.29, 0.717) is 23.9 Å². The lowest BCUT2D eigenvalue weighted by atomic mass is 10.3. The van der Waals surface area contributed by atoms with Gasteiger partial charge in [-0.2, -0.15) is 5.10 Å². The van der Waals surface area contributed by atoms with Crippen LogP contribution in [0.3, 0.4) is 0 Å². The molecule has 5 nitrogen and oxygen atoms in total. The van der Waals surface area contributed by atoms with E-state index < -0.39 is 0 Å². The minimum absolute atomic E-state index is 0.378. The number of hydrogen-bond donors (Lipinski definition) is 0. The van der Waals surface area contributed by atoms with E-state index >= 15 is 0 Å². The first-order valence-electron chi connectivity index (χ1n) is 7.93. The van der Waals surface area contributed by atoms with E-state index in [0.717, 1.165) is 18.5 Å². The Morgan fingerprint density at radius 1 is 1.21 bits per heavy atom. The summed E-state index contributed by atoms with van der Waals surface area (Å²) in [5.41, 5.74) is 0.860. The molecule has 0 radical (unpaired) electrons. The third-order valence-electron chi connectivity index (χ3n) is 3.20. The van der Waals surface area contributed by atoms with E-state index in [1.807, 2.05) is 37.3 Å². The first kappa shape index (κ1) is 17.4. The van der Waals surface area contributed by atoms with Crippen molar-refractivity contribution < 1.29 is 9.47 Å². The fourth-order valence-electron chi connectivity index (χ4n) is 2.10. The van der Waals surface area contributed by atoms with E-state index in [-0.39, 0.29) is 0 Å². The number of nitriles is 1. The molecule has 2 rings (SSSR count). The Balaban J connectivity index is 2.10. The molecule has 0 aliphatic heterocycles. The van der Waals surface area contributed by atoms with Crippen LogP contribution >= 0.6 is 0 Å². The average Bonchev–Trinajstić information content (AvgIpc) is 2.92. The smallest absolute Gasteiger partial charge is 0.292 e. The highest BCUT2D eigenvalue weighted by Crippen LogP contribution is 2.31. The topological polar surface area (TPSA) is 60.1 Å². The fourth-order valence-corrected chi connectivity index (χ4v) is 2.10. The number of aromatic nitrogens is 2. The highest BCUT2D eigenvalue weighted by molar-refractivity contribution is 5.42. The minimum Gasteiger partial charge on any atom is -0.435 e. The van der Waals surface area contributed by atoms with Gasteiger partial charge in [0.2, 0.25) is 5.88 Å². The second-order valence-corrected chi connectivity index (χ2v) is 5.19. The van der Waals surface area contributed by atoms with E-state index in [1.54, 1.807) is 29.1 Å². The highest BCUT2D eigenvalue weighted by atomic mass is 16.5. The first-order valence-corrected chi connectivity index (χ1v) is 7.93. The molecule has 0 fully saturated rings. The van der Waals surface area contributed by atoms with Gasteiger partial charge in [-0.05, 0) is 25.5 Å². The maximum Gasteiger partial charge on any atom is 0.292 e. The second kappa shape index (κ2) is 9.21. The van der Waals surface area contributed by atoms with Gasteiger partial charge in [-0.3, -0.25) is 0 Å². The number of nitrogens with zero attached hydrogens (tertiary/aromatic N) is 3. The predicted molar refractivity (Wildman–Crippen MR) is 92.9 cm³/mol. The van der Waals surface area contributed by atoms with Crippen molar-refractivity contribution in [3.8, 4) is 23.6 Å². The minimum atomic E-state index is 0.378. The van der Waals surface area contributed by atoms with Crippen molar-refractivity contribution in [1.82, 2.24) is 9.78 Å². The molecule has 1 aromatic carbocycles. The Hall–Kier alpha value is -3.00. The van der Waals surface area contributed by atoms with Crippen molar-refractivity contribution in [2.75, 3.05) is 0 Å². The summed E-state index contributed by atoms with van der Waals surface area (Å²) in [4.78, 5) is 0. The maximum atomic E-state index is 8.71. The molecule has 0 spiro atoms. The molecule has 0 saturated heterocycles. The van der Waals surface area contributed by atoms with Crippen molar-refractivity contribution in [2.45, 2.75) is 33.2 Å². The van der Waals surface area contributed by atoms with Gasteiger partial charge in [0.1, 0.15) is 0 Å². The van der Waals surface area contributed by atoms with Crippen LogP contribution in [0.2, 0.25) is 0 Å². The molecule has 0 atom stereocenters. The van der Waals surface area contributed by atoms with Gasteiger partial charge < -0.3 is 9.47 Å². The molecule has 0 N–H and O–H groups in total. The predicted octanol–water partition coefficient (Wildman–Crippen LogP) is 4.76. The van der Waals surface area contributed by atoms with Crippen LogP contribution in [0.15, 0.2) is 54.6 Å². The van der Waals surface area contributed by atoms with Crippen LogP contribution in [-0.4, -0.2) is 9.78 Å². The third kappa shape index (κ3) is 5.03. The molecule has 0 bridgehead atoms. The lowest BCUT2D eigenvalue weighted by Gasteiger charge is -2.09. The van der Waals surface area contributed by atoms with E-state index in [4.69, 9.17) is 14.7 Å². The van der Waals surface area contributed by atoms with E-state index in [1.165, 1.54) is 0 Å². The Kier molecular flexibility index (Phi) is 6.66. The number of hydrogen-bond acceptors (Lipinski definition) is 4. The van der Waals surface area contributed by atoms with Crippen molar-refractivity contribution in [2.24, 2.45) is 0 Å². The number of para-hydroxylation sites is 2. The van der Waals surface area contributed by atoms with Gasteiger partial charge in [0.05, 0.1) is 12.2 Å². The van der Waals surface area contributed by atoms with Gasteiger partial charge in [0, 0.05) is 6.07 Å². The Morgan fingerprint density at radius 3 is 2.71 bits per heavy atom. The zero-order chi connectivity index (χ0) is 17.2. The number of ether oxygens (including phenoxy) is 2. The SMILES string of the molecule is CCC/C=C\C=C/Cn1nc(C)cc1Oc1ccccc1OC#N. The quantitative estimate of drug-likeness (QED) is 0.519. The van der Waals surface area contributed by atoms with Crippen LogP contribution in [0.5, 0.6) is 17.4 Å².